The number of ether oxygens (including phenoxy) is 1. The summed E-state index contributed by atoms with van der Waals surface area (Å²) >= 11 is 12.2. The van der Waals surface area contributed by atoms with Crippen molar-refractivity contribution in [2.75, 3.05) is 13.2 Å². The molecular formula is C19H18Cl2N2O. The molecule has 1 fully saturated rings. The molecule has 3 nitrogen and oxygen atoms in total. The van der Waals surface area contributed by atoms with Crippen LogP contribution in [0.5, 0.6) is 0 Å². The molecule has 1 saturated heterocycles. The maximum Gasteiger partial charge on any atom is 0.138 e. The third-order valence-electron chi connectivity index (χ3n) is 4.71. The van der Waals surface area contributed by atoms with E-state index < -0.39 is 0 Å². The lowest BCUT2D eigenvalue weighted by Crippen LogP contribution is -2.53. The highest BCUT2D eigenvalue weighted by Gasteiger charge is 2.35. The minimum absolute atomic E-state index is 0.263. The predicted molar refractivity (Wildman–Crippen MR) is 97.2 cm³/mol. The van der Waals surface area contributed by atoms with E-state index in [4.69, 9.17) is 27.9 Å². The minimum Gasteiger partial charge on any atom is -0.378 e. The average molecular weight is 361 g/mol. The van der Waals surface area contributed by atoms with Crippen molar-refractivity contribution < 1.29 is 4.74 Å². The second-order valence-electron chi connectivity index (χ2n) is 6.28. The van der Waals surface area contributed by atoms with Gasteiger partial charge in [0.05, 0.1) is 19.3 Å². The number of aromatic nitrogens is 1. The summed E-state index contributed by atoms with van der Waals surface area (Å²) < 4.78 is 5.78. The summed E-state index contributed by atoms with van der Waals surface area (Å²) in [5, 5.41) is 0.902. The number of hydrogen-bond acceptors (Lipinski definition) is 3. The Morgan fingerprint density at radius 1 is 1.08 bits per heavy atom. The van der Waals surface area contributed by atoms with Gasteiger partial charge in [-0.3, -0.25) is 4.90 Å². The fraction of sp³-hybridized carbons (Fsp3) is 0.316. The molecule has 0 radical (unpaired) electrons. The number of hydrogen-bond donors (Lipinski definition) is 0. The van der Waals surface area contributed by atoms with Crippen LogP contribution in [0.1, 0.15) is 17.5 Å². The second kappa shape index (κ2) is 6.85. The van der Waals surface area contributed by atoms with Gasteiger partial charge in [0, 0.05) is 18.2 Å². The number of rotatable bonds is 3. The molecule has 2 aliphatic heterocycles. The molecule has 4 rings (SSSR count). The van der Waals surface area contributed by atoms with Gasteiger partial charge in [0.25, 0.3) is 0 Å². The monoisotopic (exact) mass is 360 g/mol. The van der Waals surface area contributed by atoms with E-state index in [-0.39, 0.29) is 6.04 Å². The summed E-state index contributed by atoms with van der Waals surface area (Å²) in [6.07, 6.45) is 3.18. The summed E-state index contributed by atoms with van der Waals surface area (Å²) in [6.45, 7) is 2.40. The molecule has 24 heavy (non-hydrogen) atoms. The SMILES string of the molecule is Clc1ccc(C2=CC3COCC(C2)N3Cc2ccccc2)c(Cl)n1. The lowest BCUT2D eigenvalue weighted by molar-refractivity contribution is -0.0402. The van der Waals surface area contributed by atoms with Crippen LogP contribution in [0.4, 0.5) is 0 Å². The van der Waals surface area contributed by atoms with Crippen molar-refractivity contribution in [1.29, 1.82) is 0 Å². The first-order valence-electron chi connectivity index (χ1n) is 8.11. The second-order valence-corrected chi connectivity index (χ2v) is 7.03. The molecule has 2 unspecified atom stereocenters. The molecule has 1 aromatic heterocycles. The van der Waals surface area contributed by atoms with Crippen molar-refractivity contribution in [2.24, 2.45) is 0 Å². The highest BCUT2D eigenvalue weighted by Crippen LogP contribution is 2.36. The molecule has 1 aromatic carbocycles. The summed E-state index contributed by atoms with van der Waals surface area (Å²) in [7, 11) is 0. The van der Waals surface area contributed by atoms with Gasteiger partial charge in [0.1, 0.15) is 10.3 Å². The zero-order chi connectivity index (χ0) is 16.5. The van der Waals surface area contributed by atoms with E-state index in [0.717, 1.165) is 25.1 Å². The molecule has 124 valence electrons. The highest BCUT2D eigenvalue weighted by atomic mass is 35.5. The summed E-state index contributed by atoms with van der Waals surface area (Å²) in [6, 6.07) is 15.0. The van der Waals surface area contributed by atoms with Gasteiger partial charge in [-0.15, -0.1) is 0 Å². The minimum atomic E-state index is 0.263. The highest BCUT2D eigenvalue weighted by molar-refractivity contribution is 6.33. The molecule has 0 N–H and O–H groups in total. The zero-order valence-electron chi connectivity index (χ0n) is 13.2. The van der Waals surface area contributed by atoms with E-state index in [1.807, 2.05) is 6.07 Å². The number of halogens is 2. The number of fused-ring (bicyclic) bond motifs is 2. The molecule has 2 atom stereocenters. The van der Waals surface area contributed by atoms with Gasteiger partial charge in [-0.05, 0) is 29.7 Å². The van der Waals surface area contributed by atoms with Crippen molar-refractivity contribution in [2.45, 2.75) is 25.0 Å². The summed E-state index contributed by atoms with van der Waals surface area (Å²) in [5.41, 5.74) is 3.56. The first-order chi connectivity index (χ1) is 11.7. The maximum absolute atomic E-state index is 6.30. The first-order valence-corrected chi connectivity index (χ1v) is 8.87. The van der Waals surface area contributed by atoms with Crippen LogP contribution in [0.25, 0.3) is 5.57 Å². The van der Waals surface area contributed by atoms with Gasteiger partial charge >= 0.3 is 0 Å². The van der Waals surface area contributed by atoms with Gasteiger partial charge in [0.2, 0.25) is 0 Å². The van der Waals surface area contributed by atoms with E-state index in [1.54, 1.807) is 6.07 Å². The standard InChI is InChI=1S/C19H18Cl2N2O/c20-18-7-6-17(19(21)22-18)14-8-15-11-24-12-16(9-14)23(15)10-13-4-2-1-3-5-13/h1-8,15-16H,9-12H2. The molecule has 0 amide bonds. The largest absolute Gasteiger partial charge is 0.378 e. The van der Waals surface area contributed by atoms with E-state index in [9.17, 15) is 0 Å². The molecule has 0 aliphatic carbocycles. The topological polar surface area (TPSA) is 25.4 Å². The van der Waals surface area contributed by atoms with Crippen molar-refractivity contribution in [3.05, 3.63) is 70.0 Å². The Labute approximate surface area is 151 Å². The van der Waals surface area contributed by atoms with E-state index in [2.05, 4.69) is 46.3 Å². The van der Waals surface area contributed by atoms with Gasteiger partial charge < -0.3 is 4.74 Å². The van der Waals surface area contributed by atoms with Crippen LogP contribution < -0.4 is 0 Å². The van der Waals surface area contributed by atoms with Gasteiger partial charge in [-0.25, -0.2) is 4.98 Å². The number of morpholine rings is 1. The smallest absolute Gasteiger partial charge is 0.138 e. The Kier molecular flexibility index (Phi) is 4.59. The van der Waals surface area contributed by atoms with Crippen LogP contribution >= 0.6 is 23.2 Å². The van der Waals surface area contributed by atoms with Crippen molar-refractivity contribution in [3.8, 4) is 0 Å². The van der Waals surface area contributed by atoms with Crippen LogP contribution in [0, 0.1) is 0 Å². The number of benzene rings is 1. The van der Waals surface area contributed by atoms with Gasteiger partial charge in [-0.2, -0.15) is 0 Å². The Morgan fingerprint density at radius 2 is 1.92 bits per heavy atom. The Morgan fingerprint density at radius 3 is 2.67 bits per heavy atom. The van der Waals surface area contributed by atoms with Gasteiger partial charge in [-0.1, -0.05) is 59.6 Å². The third-order valence-corrected chi connectivity index (χ3v) is 5.21. The van der Waals surface area contributed by atoms with Crippen LogP contribution in [-0.4, -0.2) is 35.2 Å². The molecule has 5 heteroatoms. The molecule has 2 aliphatic rings. The van der Waals surface area contributed by atoms with Crippen LogP contribution in [0.2, 0.25) is 10.3 Å². The van der Waals surface area contributed by atoms with E-state index in [1.165, 1.54) is 11.1 Å². The Hall–Kier alpha value is -1.39. The molecule has 0 spiro atoms. The van der Waals surface area contributed by atoms with Crippen LogP contribution in [0.3, 0.4) is 0 Å². The fourth-order valence-electron chi connectivity index (χ4n) is 3.55. The van der Waals surface area contributed by atoms with Crippen molar-refractivity contribution >= 4 is 28.8 Å². The number of pyridine rings is 1. The van der Waals surface area contributed by atoms with Crippen molar-refractivity contribution in [1.82, 2.24) is 9.88 Å². The predicted octanol–water partition coefficient (Wildman–Crippen LogP) is 4.45. The van der Waals surface area contributed by atoms with Gasteiger partial charge in [0.15, 0.2) is 0 Å². The lowest BCUT2D eigenvalue weighted by atomic mass is 9.90. The quantitative estimate of drug-likeness (QED) is 0.756. The van der Waals surface area contributed by atoms with E-state index >= 15 is 0 Å². The van der Waals surface area contributed by atoms with Crippen molar-refractivity contribution in [3.63, 3.8) is 0 Å². The lowest BCUT2D eigenvalue weighted by Gasteiger charge is -2.44. The molecule has 2 aromatic rings. The molecule has 0 saturated carbocycles. The number of nitrogens with zero attached hydrogens (tertiary/aromatic N) is 2. The maximum atomic E-state index is 6.30. The van der Waals surface area contributed by atoms with Crippen LogP contribution in [0.15, 0.2) is 48.5 Å². The van der Waals surface area contributed by atoms with Crippen LogP contribution in [-0.2, 0) is 11.3 Å². The first kappa shape index (κ1) is 16.1. The molecule has 2 bridgehead atoms. The Balaban J connectivity index is 1.62. The fourth-order valence-corrected chi connectivity index (χ4v) is 4.02. The van der Waals surface area contributed by atoms with E-state index in [0.29, 0.717) is 23.0 Å². The normalized spacial score (nSPS) is 23.8. The summed E-state index contributed by atoms with van der Waals surface area (Å²) in [5.74, 6) is 0. The third kappa shape index (κ3) is 3.22. The summed E-state index contributed by atoms with van der Waals surface area (Å²) in [4.78, 5) is 6.70. The molecular weight excluding hydrogens is 343 g/mol. The molecule has 3 heterocycles. The average Bonchev–Trinajstić information content (AvgIpc) is 2.56. The Bertz CT molecular complexity index is 763. The zero-order valence-corrected chi connectivity index (χ0v) is 14.7.